The second kappa shape index (κ2) is 33.4. The van der Waals surface area contributed by atoms with Crippen molar-refractivity contribution in [1.29, 1.82) is 0 Å². The molecule has 0 aromatic rings. The molecule has 8 amide bonds. The number of amides is 8. The molecule has 0 saturated carbocycles. The number of unbranched alkanes of at least 4 members (excludes halogenated alkanes) is 2. The molecule has 0 aliphatic rings. The first kappa shape index (κ1) is 60.9. The quantitative estimate of drug-likeness (QED) is 0.0274. The molecule has 24 nitrogen and oxygen atoms in total. The van der Waals surface area contributed by atoms with Gasteiger partial charge in [-0.05, 0) is 95.2 Å². The van der Waals surface area contributed by atoms with E-state index in [2.05, 4.69) is 42.5 Å². The van der Waals surface area contributed by atoms with Gasteiger partial charge in [0.05, 0.1) is 31.7 Å². The van der Waals surface area contributed by atoms with Crippen LogP contribution in [0.25, 0.3) is 0 Å². The molecular weight excluding hydrogens is 887 g/mol. The van der Waals surface area contributed by atoms with Crippen molar-refractivity contribution in [2.24, 2.45) is 29.0 Å². The molecule has 0 rings (SSSR count). The van der Waals surface area contributed by atoms with Gasteiger partial charge in [0.15, 0.2) is 0 Å². The fourth-order valence-electron chi connectivity index (χ4n) is 6.20. The number of carboxylic acid groups (broad SMARTS) is 2. The van der Waals surface area contributed by atoms with E-state index in [9.17, 15) is 58.2 Å². The predicted molar refractivity (Wildman–Crippen MR) is 245 cm³/mol. The number of rotatable bonds is 35. The zero-order chi connectivity index (χ0) is 50.5. The minimum absolute atomic E-state index is 0.0490. The number of thioether (sulfide) groups is 1. The normalized spacial score (nSPS) is 15.2. The molecule has 0 aliphatic heterocycles. The van der Waals surface area contributed by atoms with E-state index in [1.165, 1.54) is 18.7 Å². The summed E-state index contributed by atoms with van der Waals surface area (Å²) < 4.78 is 0. The van der Waals surface area contributed by atoms with E-state index < -0.39 is 133 Å². The minimum Gasteiger partial charge on any atom is -0.481 e. The highest BCUT2D eigenvalue weighted by Gasteiger charge is 2.35. The van der Waals surface area contributed by atoms with Crippen molar-refractivity contribution in [2.75, 3.05) is 38.2 Å². The molecule has 0 aromatic carbocycles. The van der Waals surface area contributed by atoms with E-state index >= 15 is 0 Å². The number of carboxylic acids is 2. The number of aliphatic hydroxyl groups excluding tert-OH is 1. The Balaban J connectivity index is 5.94. The van der Waals surface area contributed by atoms with Crippen molar-refractivity contribution >= 4 is 71.0 Å². The van der Waals surface area contributed by atoms with Crippen LogP contribution in [0.5, 0.6) is 0 Å². The maximum atomic E-state index is 13.8. The van der Waals surface area contributed by atoms with Crippen LogP contribution in [-0.2, 0) is 47.9 Å². The summed E-state index contributed by atoms with van der Waals surface area (Å²) in [7, 11) is 0. The van der Waals surface area contributed by atoms with Crippen molar-refractivity contribution in [1.82, 2.24) is 42.5 Å². The third-order valence-corrected chi connectivity index (χ3v) is 10.8. The van der Waals surface area contributed by atoms with E-state index in [4.69, 9.17) is 22.3 Å². The van der Waals surface area contributed by atoms with Crippen LogP contribution in [0.15, 0.2) is 0 Å². The molecule has 0 bridgehead atoms. The van der Waals surface area contributed by atoms with E-state index in [-0.39, 0.29) is 38.1 Å². The first-order chi connectivity index (χ1) is 31.0. The van der Waals surface area contributed by atoms with Crippen LogP contribution in [0.1, 0.15) is 98.8 Å². The molecule has 0 fully saturated rings. The minimum atomic E-state index is -1.59. The molecule has 0 aromatic heterocycles. The number of nitrogens with one attached hydrogen (secondary N) is 8. The highest BCUT2D eigenvalue weighted by Crippen LogP contribution is 2.12. The van der Waals surface area contributed by atoms with Gasteiger partial charge in [0, 0.05) is 0 Å². The van der Waals surface area contributed by atoms with Crippen molar-refractivity contribution in [2.45, 2.75) is 147 Å². The zero-order valence-corrected chi connectivity index (χ0v) is 39.8. The molecule has 0 radical (unpaired) electrons. The summed E-state index contributed by atoms with van der Waals surface area (Å²) in [6, 6.07) is -9.16. The molecule has 0 heterocycles. The molecule has 0 aliphatic carbocycles. The Kier molecular flexibility index (Phi) is 30.8. The molecule has 17 N–H and O–H groups in total. The van der Waals surface area contributed by atoms with E-state index in [0.717, 1.165) is 0 Å². The van der Waals surface area contributed by atoms with Gasteiger partial charge in [-0.15, -0.1) is 0 Å². The number of carbonyl (C=O) groups is 10. The van der Waals surface area contributed by atoms with Gasteiger partial charge in [0.1, 0.15) is 36.3 Å². The van der Waals surface area contributed by atoms with Crippen molar-refractivity contribution < 1.29 is 63.3 Å². The lowest BCUT2D eigenvalue weighted by Gasteiger charge is -2.28. The molecule has 378 valence electrons. The smallest absolute Gasteiger partial charge is 0.326 e. The molecular formula is C41H75N11O13S. The topological polar surface area (TPSA) is 406 Å². The summed E-state index contributed by atoms with van der Waals surface area (Å²) in [6.07, 6.45) is 2.18. The van der Waals surface area contributed by atoms with Gasteiger partial charge in [-0.2, -0.15) is 11.8 Å². The van der Waals surface area contributed by atoms with Crippen LogP contribution >= 0.6 is 11.8 Å². The molecule has 0 spiro atoms. The third-order valence-electron chi connectivity index (χ3n) is 10.2. The molecule has 0 unspecified atom stereocenters. The first-order valence-electron chi connectivity index (χ1n) is 22.2. The Labute approximate surface area is 390 Å². The van der Waals surface area contributed by atoms with Crippen LogP contribution < -0.4 is 59.7 Å². The first-order valence-corrected chi connectivity index (χ1v) is 23.5. The maximum absolute atomic E-state index is 13.8. The lowest BCUT2D eigenvalue weighted by Crippen LogP contribution is -2.61. The molecule has 66 heavy (non-hydrogen) atoms. The zero-order valence-electron chi connectivity index (χ0n) is 38.9. The number of hydrogen-bond donors (Lipinski definition) is 14. The lowest BCUT2D eigenvalue weighted by molar-refractivity contribution is -0.144. The fraction of sp³-hybridized carbons (Fsp3) is 0.756. The Morgan fingerprint density at radius 2 is 1.06 bits per heavy atom. The maximum Gasteiger partial charge on any atom is 0.326 e. The van der Waals surface area contributed by atoms with Gasteiger partial charge in [-0.25, -0.2) is 4.79 Å². The Hall–Kier alpha value is -5.11. The summed E-state index contributed by atoms with van der Waals surface area (Å²) in [5.74, 6) is -9.39. The van der Waals surface area contributed by atoms with Crippen LogP contribution in [0.2, 0.25) is 0 Å². The van der Waals surface area contributed by atoms with Crippen LogP contribution in [0, 0.1) is 11.8 Å². The fourth-order valence-corrected chi connectivity index (χ4v) is 6.67. The van der Waals surface area contributed by atoms with E-state index in [0.29, 0.717) is 44.4 Å². The molecule has 0 saturated heterocycles. The SMILES string of the molecule is CC[C@H](C)[C@H](NC(=O)[C@@H](NC(=O)[C@H](CCCCN)NC(=O)[C@H](CCSC)NC(=O)[C@H](CC(C)C)NC(=O)CNC(=O)CNC(=O)[C@H](CCCCN)NC(=O)[C@@H](N)CC(=O)O)[C@@H](C)O)C(=O)O. The number of hydrogen-bond acceptors (Lipinski definition) is 15. The van der Waals surface area contributed by atoms with Gasteiger partial charge >= 0.3 is 11.9 Å². The summed E-state index contributed by atoms with van der Waals surface area (Å²) in [5.41, 5.74) is 16.8. The summed E-state index contributed by atoms with van der Waals surface area (Å²) in [4.78, 5) is 128. The average Bonchev–Trinajstić information content (AvgIpc) is 3.24. The van der Waals surface area contributed by atoms with Gasteiger partial charge in [0.25, 0.3) is 0 Å². The summed E-state index contributed by atoms with van der Waals surface area (Å²) >= 11 is 1.38. The average molecular weight is 962 g/mol. The van der Waals surface area contributed by atoms with Crippen molar-refractivity contribution in [3.8, 4) is 0 Å². The number of carbonyl (C=O) groups excluding carboxylic acids is 8. The Morgan fingerprint density at radius 1 is 0.576 bits per heavy atom. The third kappa shape index (κ3) is 25.0. The number of aliphatic carboxylic acids is 2. The van der Waals surface area contributed by atoms with Crippen LogP contribution in [0.3, 0.4) is 0 Å². The lowest BCUT2D eigenvalue weighted by atomic mass is 9.98. The van der Waals surface area contributed by atoms with Gasteiger partial charge in [-0.1, -0.05) is 34.1 Å². The summed E-state index contributed by atoms with van der Waals surface area (Å²) in [5, 5.41) is 48.8. The van der Waals surface area contributed by atoms with Gasteiger partial charge in [0.2, 0.25) is 47.3 Å². The van der Waals surface area contributed by atoms with Gasteiger partial charge < -0.3 is 75.1 Å². The Bertz CT molecular complexity index is 1610. The van der Waals surface area contributed by atoms with Crippen LogP contribution in [0.4, 0.5) is 0 Å². The Morgan fingerprint density at radius 3 is 1.55 bits per heavy atom. The monoisotopic (exact) mass is 962 g/mol. The summed E-state index contributed by atoms with van der Waals surface area (Å²) in [6.45, 7) is 7.53. The number of nitrogens with two attached hydrogens (primary N) is 3. The van der Waals surface area contributed by atoms with Crippen molar-refractivity contribution in [3.05, 3.63) is 0 Å². The predicted octanol–water partition coefficient (Wildman–Crippen LogP) is -3.50. The standard InChI is InChI=1S/C41H75N11O13S/c1-7-23(4)33(41(64)65)51-40(63)34(24(5)53)52-38(61)27(13-9-11-16-43)49-37(60)28(14-17-66-6)50-39(62)29(18-22(2)3)47-31(55)21-45-30(54)20-46-36(59)26(12-8-10-15-42)48-35(58)25(44)19-32(56)57/h22-29,33-34,53H,7-21,42-44H2,1-6H3,(H,45,54)(H,46,59)(H,47,55)(H,48,58)(H,49,60)(H,50,62)(H,51,63)(H,52,61)(H,56,57)(H,64,65)/t23-,24+,25-,26-,27-,28-,29-,33-,34-/m0/s1. The molecule has 9 atom stereocenters. The van der Waals surface area contributed by atoms with E-state index in [1.54, 1.807) is 34.0 Å². The second-order valence-electron chi connectivity index (χ2n) is 16.4. The van der Waals surface area contributed by atoms with Crippen LogP contribution in [-0.4, -0.2) is 161 Å². The molecule has 25 heteroatoms. The van der Waals surface area contributed by atoms with Crippen molar-refractivity contribution in [3.63, 3.8) is 0 Å². The number of aliphatic hydroxyl groups is 1. The second-order valence-corrected chi connectivity index (χ2v) is 17.4. The highest BCUT2D eigenvalue weighted by molar-refractivity contribution is 7.98. The largest absolute Gasteiger partial charge is 0.481 e. The highest BCUT2D eigenvalue weighted by atomic mass is 32.2. The van der Waals surface area contributed by atoms with Gasteiger partial charge in [-0.3, -0.25) is 43.2 Å². The van der Waals surface area contributed by atoms with E-state index in [1.807, 2.05) is 0 Å².